The van der Waals surface area contributed by atoms with E-state index in [1.165, 1.54) is 6.33 Å². The highest BCUT2D eigenvalue weighted by Gasteiger charge is 2.27. The third-order valence-electron chi connectivity index (χ3n) is 3.18. The molecule has 1 aromatic heterocycles. The van der Waals surface area contributed by atoms with Gasteiger partial charge in [-0.2, -0.15) is 0 Å². The molecular weight excluding hydrogens is 220 g/mol. The lowest BCUT2D eigenvalue weighted by atomic mass is 9.97. The number of ether oxygens (including phenoxy) is 1. The highest BCUT2D eigenvalue weighted by atomic mass is 16.5. The molecule has 6 heteroatoms. The summed E-state index contributed by atoms with van der Waals surface area (Å²) in [5, 5.41) is 9.71. The van der Waals surface area contributed by atoms with E-state index < -0.39 is 0 Å². The summed E-state index contributed by atoms with van der Waals surface area (Å²) in [6, 6.07) is 0. The molecule has 94 valence electrons. The quantitative estimate of drug-likeness (QED) is 0.769. The molecule has 6 nitrogen and oxygen atoms in total. The SMILES string of the molecule is COc1c(N)ncnc1N1CCC(O)C(C)C1. The molecule has 1 fully saturated rings. The fourth-order valence-corrected chi connectivity index (χ4v) is 2.12. The van der Waals surface area contributed by atoms with Gasteiger partial charge >= 0.3 is 0 Å². The Morgan fingerprint density at radius 1 is 1.53 bits per heavy atom. The van der Waals surface area contributed by atoms with Crippen molar-refractivity contribution in [2.24, 2.45) is 5.92 Å². The topological polar surface area (TPSA) is 84.5 Å². The average molecular weight is 238 g/mol. The van der Waals surface area contributed by atoms with Crippen molar-refractivity contribution in [3.05, 3.63) is 6.33 Å². The molecular formula is C11H18N4O2. The van der Waals surface area contributed by atoms with Crippen molar-refractivity contribution >= 4 is 11.6 Å². The molecule has 0 saturated carbocycles. The Labute approximate surface area is 100 Å². The first kappa shape index (κ1) is 11.9. The molecule has 2 atom stereocenters. The first-order valence-corrected chi connectivity index (χ1v) is 5.71. The standard InChI is InChI=1S/C11H18N4O2/c1-7-5-15(4-3-8(7)16)11-9(17-2)10(12)13-6-14-11/h6-8,16H,3-5H2,1-2H3,(H2,12,13,14). The number of nitrogens with two attached hydrogens (primary N) is 1. The highest BCUT2D eigenvalue weighted by Crippen LogP contribution is 2.32. The fourth-order valence-electron chi connectivity index (χ4n) is 2.12. The van der Waals surface area contributed by atoms with Crippen molar-refractivity contribution in [2.75, 3.05) is 30.8 Å². The van der Waals surface area contributed by atoms with E-state index in [4.69, 9.17) is 10.5 Å². The molecule has 1 aliphatic rings. The minimum Gasteiger partial charge on any atom is -0.490 e. The van der Waals surface area contributed by atoms with Crippen LogP contribution in [0.25, 0.3) is 0 Å². The normalized spacial score (nSPS) is 24.8. The number of aliphatic hydroxyl groups excluding tert-OH is 1. The lowest BCUT2D eigenvalue weighted by Gasteiger charge is -2.35. The number of aromatic nitrogens is 2. The summed E-state index contributed by atoms with van der Waals surface area (Å²) in [6.07, 6.45) is 1.92. The largest absolute Gasteiger partial charge is 0.490 e. The summed E-state index contributed by atoms with van der Waals surface area (Å²) in [6.45, 7) is 3.51. The van der Waals surface area contributed by atoms with Gasteiger partial charge in [0, 0.05) is 13.1 Å². The summed E-state index contributed by atoms with van der Waals surface area (Å²) in [5.74, 6) is 1.77. The van der Waals surface area contributed by atoms with Gasteiger partial charge in [0.25, 0.3) is 0 Å². The summed E-state index contributed by atoms with van der Waals surface area (Å²) < 4.78 is 5.24. The van der Waals surface area contributed by atoms with Gasteiger partial charge < -0.3 is 20.5 Å². The van der Waals surface area contributed by atoms with Gasteiger partial charge in [0.05, 0.1) is 13.2 Å². The second-order valence-electron chi connectivity index (χ2n) is 4.40. The Balaban J connectivity index is 2.25. The van der Waals surface area contributed by atoms with Crippen molar-refractivity contribution in [3.8, 4) is 5.75 Å². The zero-order valence-corrected chi connectivity index (χ0v) is 10.1. The fraction of sp³-hybridized carbons (Fsp3) is 0.636. The predicted octanol–water partition coefficient (Wildman–Crippen LogP) is 0.274. The van der Waals surface area contributed by atoms with Crippen LogP contribution in [-0.2, 0) is 0 Å². The number of rotatable bonds is 2. The van der Waals surface area contributed by atoms with Crippen molar-refractivity contribution in [1.82, 2.24) is 9.97 Å². The number of nitrogen functional groups attached to an aromatic ring is 1. The number of piperidine rings is 1. The number of nitrogens with zero attached hydrogens (tertiary/aromatic N) is 3. The number of hydrogen-bond acceptors (Lipinski definition) is 6. The second-order valence-corrected chi connectivity index (χ2v) is 4.40. The van der Waals surface area contributed by atoms with Gasteiger partial charge in [0.1, 0.15) is 6.33 Å². The van der Waals surface area contributed by atoms with Crippen LogP contribution in [0, 0.1) is 5.92 Å². The molecule has 1 aromatic rings. The van der Waals surface area contributed by atoms with Crippen LogP contribution in [0.1, 0.15) is 13.3 Å². The molecule has 17 heavy (non-hydrogen) atoms. The van der Waals surface area contributed by atoms with E-state index >= 15 is 0 Å². The molecule has 0 aromatic carbocycles. The van der Waals surface area contributed by atoms with E-state index in [1.54, 1.807) is 7.11 Å². The maximum absolute atomic E-state index is 9.71. The van der Waals surface area contributed by atoms with Gasteiger partial charge in [0.2, 0.25) is 5.75 Å². The monoisotopic (exact) mass is 238 g/mol. The van der Waals surface area contributed by atoms with E-state index in [-0.39, 0.29) is 12.0 Å². The maximum Gasteiger partial charge on any atom is 0.204 e. The van der Waals surface area contributed by atoms with Crippen LogP contribution in [-0.4, -0.2) is 41.4 Å². The van der Waals surface area contributed by atoms with Crippen LogP contribution in [0.2, 0.25) is 0 Å². The molecule has 1 aliphatic heterocycles. The van der Waals surface area contributed by atoms with Crippen molar-refractivity contribution in [1.29, 1.82) is 0 Å². The smallest absolute Gasteiger partial charge is 0.204 e. The van der Waals surface area contributed by atoms with Gasteiger partial charge in [-0.15, -0.1) is 0 Å². The Morgan fingerprint density at radius 2 is 2.29 bits per heavy atom. The number of aliphatic hydroxyl groups is 1. The molecule has 1 saturated heterocycles. The number of anilines is 2. The lowest BCUT2D eigenvalue weighted by molar-refractivity contribution is 0.0967. The molecule has 0 amide bonds. The molecule has 0 spiro atoms. The highest BCUT2D eigenvalue weighted by molar-refractivity contribution is 5.62. The van der Waals surface area contributed by atoms with Crippen LogP contribution >= 0.6 is 0 Å². The van der Waals surface area contributed by atoms with Gasteiger partial charge in [0.15, 0.2) is 11.6 Å². The number of methoxy groups -OCH3 is 1. The van der Waals surface area contributed by atoms with Gasteiger partial charge in [-0.05, 0) is 12.3 Å². The van der Waals surface area contributed by atoms with Crippen LogP contribution in [0.5, 0.6) is 5.75 Å². The van der Waals surface area contributed by atoms with Gasteiger partial charge in [-0.1, -0.05) is 6.92 Å². The molecule has 2 heterocycles. The van der Waals surface area contributed by atoms with Crippen LogP contribution < -0.4 is 15.4 Å². The Morgan fingerprint density at radius 3 is 2.94 bits per heavy atom. The molecule has 0 radical (unpaired) electrons. The summed E-state index contributed by atoms with van der Waals surface area (Å²) in [5.41, 5.74) is 5.75. The molecule has 0 bridgehead atoms. The minimum atomic E-state index is -0.239. The Bertz CT molecular complexity index is 399. The van der Waals surface area contributed by atoms with E-state index in [9.17, 15) is 5.11 Å². The van der Waals surface area contributed by atoms with Crippen molar-refractivity contribution in [3.63, 3.8) is 0 Å². The van der Waals surface area contributed by atoms with E-state index in [1.807, 2.05) is 6.92 Å². The summed E-state index contributed by atoms with van der Waals surface area (Å²) in [7, 11) is 1.56. The first-order valence-electron chi connectivity index (χ1n) is 5.71. The number of hydrogen-bond donors (Lipinski definition) is 2. The molecule has 0 aliphatic carbocycles. The van der Waals surface area contributed by atoms with E-state index in [2.05, 4.69) is 14.9 Å². The third kappa shape index (κ3) is 2.26. The average Bonchev–Trinajstić information content (AvgIpc) is 2.32. The maximum atomic E-state index is 9.71. The Kier molecular flexibility index (Phi) is 3.33. The van der Waals surface area contributed by atoms with Crippen molar-refractivity contribution < 1.29 is 9.84 Å². The van der Waals surface area contributed by atoms with Gasteiger partial charge in [-0.3, -0.25) is 0 Å². The summed E-state index contributed by atoms with van der Waals surface area (Å²) in [4.78, 5) is 10.2. The van der Waals surface area contributed by atoms with E-state index in [0.717, 1.165) is 19.5 Å². The predicted molar refractivity (Wildman–Crippen MR) is 65.0 cm³/mol. The lowest BCUT2D eigenvalue weighted by Crippen LogP contribution is -2.42. The zero-order chi connectivity index (χ0) is 12.4. The zero-order valence-electron chi connectivity index (χ0n) is 10.1. The molecule has 3 N–H and O–H groups in total. The van der Waals surface area contributed by atoms with Crippen molar-refractivity contribution in [2.45, 2.75) is 19.4 Å². The van der Waals surface area contributed by atoms with E-state index in [0.29, 0.717) is 17.4 Å². The minimum absolute atomic E-state index is 0.213. The third-order valence-corrected chi connectivity index (χ3v) is 3.18. The molecule has 2 unspecified atom stereocenters. The molecule has 2 rings (SSSR count). The van der Waals surface area contributed by atoms with Crippen LogP contribution in [0.15, 0.2) is 6.33 Å². The van der Waals surface area contributed by atoms with Crippen LogP contribution in [0.3, 0.4) is 0 Å². The summed E-state index contributed by atoms with van der Waals surface area (Å²) >= 11 is 0. The first-order chi connectivity index (χ1) is 8.13. The second kappa shape index (κ2) is 4.75. The van der Waals surface area contributed by atoms with Gasteiger partial charge in [-0.25, -0.2) is 9.97 Å². The Hall–Kier alpha value is -1.56. The van der Waals surface area contributed by atoms with Crippen LogP contribution in [0.4, 0.5) is 11.6 Å².